The number of hydrogen-bond donors (Lipinski definition) is 19. The monoisotopic (exact) mass is 1420 g/mol. The standard InChI is InChI=1S/C17H18N4O8.C17H17N3O8.C9H10N2O6.C7H9NO.C7H4O7.C2H8N2/c1-9(10-3-2-4-18-8-10)28-17(26)20-6-5-19-15(24)12-7-11(22)13(23)14(29-12)16(25)21-27;1-9(10-3-2-4-18-8-10)27-17(26)20-6-5-19-15(23)12-7-11(21)13(22)14(28-12)16(24)25;10-1-2-11-8(14)5-3-4(12)6(13)7(17-5)9(15)16;1-6(9)7-3-2-4-8-5-7;8-2-1-3(6(10)11)14-5(4(2)9)7(12)13;3-1-2-4/h2-4,7-9,23,27H,5-6H2,1H3,(H,19,24)(H,20,26)(H,21,25);2-4,7-9,22H,5-6H2,1H3,(H,19,23)(H,20,26)(H,24,25);3,13H,1-2,10H2,(H,11,14)(H,15,16);2-6,9H,1H3;1,9H,(H,10,11)(H,12,13);1-4H2/t2*9-;;6-;;/m00.0../s1. The van der Waals surface area contributed by atoms with Gasteiger partial charge in [-0.1, -0.05) is 18.2 Å². The molecule has 7 rings (SSSR count). The number of carbonyl (C=O) groups is 10. The van der Waals surface area contributed by atoms with Crippen molar-refractivity contribution in [3.63, 3.8) is 0 Å². The predicted molar refractivity (Wildman–Crippen MR) is 337 cm³/mol. The van der Waals surface area contributed by atoms with Crippen molar-refractivity contribution in [3.05, 3.63) is 202 Å². The zero-order chi connectivity index (χ0) is 76.1. The van der Waals surface area contributed by atoms with Gasteiger partial charge in [-0.2, -0.15) is 0 Å². The highest BCUT2D eigenvalue weighted by Gasteiger charge is 2.25. The average Bonchev–Trinajstić information content (AvgIpc) is 0.848. The van der Waals surface area contributed by atoms with Crippen LogP contribution in [0.25, 0.3) is 0 Å². The summed E-state index contributed by atoms with van der Waals surface area (Å²) in [6.07, 6.45) is 6.77. The van der Waals surface area contributed by atoms with E-state index in [-0.39, 0.29) is 39.3 Å². The summed E-state index contributed by atoms with van der Waals surface area (Å²) in [4.78, 5) is 169. The highest BCUT2D eigenvalue weighted by molar-refractivity contribution is 5.96. The number of nitrogens with zero attached hydrogens (tertiary/aromatic N) is 3. The predicted octanol–water partition coefficient (Wildman–Crippen LogP) is -0.755. The Balaban J connectivity index is 0.000000444. The number of nitrogens with one attached hydrogen (secondary N) is 6. The average molecular weight is 1420 g/mol. The maximum atomic E-state index is 12.0. The first-order valence-corrected chi connectivity index (χ1v) is 28.3. The third-order valence-electron chi connectivity index (χ3n) is 11.5. The molecule has 0 bridgehead atoms. The number of aliphatic hydroxyl groups is 1. The molecule has 0 aliphatic carbocycles. The number of carbonyl (C=O) groups excluding carboxylic acids is 6. The van der Waals surface area contributed by atoms with Gasteiger partial charge in [-0.25, -0.2) is 34.2 Å². The molecule has 0 saturated carbocycles. The van der Waals surface area contributed by atoms with Crippen molar-refractivity contribution in [2.24, 2.45) is 17.2 Å². The molecule has 42 nitrogen and oxygen atoms in total. The van der Waals surface area contributed by atoms with E-state index in [9.17, 15) is 77.3 Å². The summed E-state index contributed by atoms with van der Waals surface area (Å²) in [6.45, 7) is 6.47. The number of hydrogen-bond acceptors (Lipinski definition) is 32. The minimum atomic E-state index is -1.72. The van der Waals surface area contributed by atoms with E-state index in [4.69, 9.17) is 76.5 Å². The molecular weight excluding hydrogens is 1360 g/mol. The van der Waals surface area contributed by atoms with Crippen molar-refractivity contribution in [2.75, 3.05) is 52.4 Å². The van der Waals surface area contributed by atoms with Crippen LogP contribution in [-0.2, 0) is 9.47 Å². The molecule has 0 aliphatic heterocycles. The fraction of sp³-hybridized carbons (Fsp3) is 0.237. The summed E-state index contributed by atoms with van der Waals surface area (Å²) >= 11 is 0. The molecule has 542 valence electrons. The normalized spacial score (nSPS) is 10.9. The highest BCUT2D eigenvalue weighted by atomic mass is 16.6. The lowest BCUT2D eigenvalue weighted by atomic mass is 10.2. The Bertz CT molecular complexity index is 4220. The number of aromatic carboxylic acids is 4. The van der Waals surface area contributed by atoms with Gasteiger partial charge in [-0.15, -0.1) is 0 Å². The molecule has 22 N–H and O–H groups in total. The van der Waals surface area contributed by atoms with E-state index in [1.807, 2.05) is 12.1 Å². The summed E-state index contributed by atoms with van der Waals surface area (Å²) in [7, 11) is 0. The number of amides is 6. The van der Waals surface area contributed by atoms with Gasteiger partial charge in [0.15, 0.2) is 17.3 Å². The number of rotatable bonds is 22. The third-order valence-corrected chi connectivity index (χ3v) is 11.5. The van der Waals surface area contributed by atoms with E-state index in [1.54, 1.807) is 82.2 Å². The zero-order valence-corrected chi connectivity index (χ0v) is 52.8. The lowest BCUT2D eigenvalue weighted by Gasteiger charge is -2.14. The molecule has 101 heavy (non-hydrogen) atoms. The Morgan fingerprint density at radius 3 is 1.00 bits per heavy atom. The SMILES string of the molecule is C[C@H](O)c1cccnc1.C[C@H](OC(=O)NCCNC(=O)c1cc(=O)c(O)c(C(=O)NO)o1)c1cccnc1.C[C@H](OC(=O)NCCNC(=O)c1cc(=O)c(O)c(C(=O)O)o1)c1cccnc1.NCCN.NCCNC(=O)c1cc(=O)c(O)c(C(=O)O)o1.O=C(O)c1cc(=O)c(O)c(C(=O)O)o1. The number of ether oxygens (including phenoxy) is 2. The number of alkyl carbamates (subject to hydrolysis) is 2. The van der Waals surface area contributed by atoms with Crippen LogP contribution in [0.4, 0.5) is 9.59 Å². The van der Waals surface area contributed by atoms with Crippen molar-refractivity contribution in [1.29, 1.82) is 0 Å². The van der Waals surface area contributed by atoms with E-state index in [0.29, 0.717) is 48.5 Å². The van der Waals surface area contributed by atoms with Crippen LogP contribution in [0.3, 0.4) is 0 Å². The number of aromatic hydroxyl groups is 4. The maximum Gasteiger partial charge on any atom is 0.407 e. The number of carboxylic acid groups (broad SMARTS) is 4. The summed E-state index contributed by atoms with van der Waals surface area (Å²) in [5.41, 5.74) is 14.2. The summed E-state index contributed by atoms with van der Waals surface area (Å²) < 4.78 is 28.7. The van der Waals surface area contributed by atoms with Gasteiger partial charge in [0.25, 0.3) is 35.0 Å². The van der Waals surface area contributed by atoms with Gasteiger partial charge < -0.3 is 117 Å². The van der Waals surface area contributed by atoms with Crippen molar-refractivity contribution in [1.82, 2.24) is 47.0 Å². The number of pyridine rings is 3. The second-order valence-electron chi connectivity index (χ2n) is 18.9. The van der Waals surface area contributed by atoms with Crippen LogP contribution in [0.1, 0.15) is 140 Å². The van der Waals surface area contributed by atoms with Crippen LogP contribution >= 0.6 is 0 Å². The quantitative estimate of drug-likeness (QED) is 0.0225. The molecule has 0 radical (unpaired) electrons. The van der Waals surface area contributed by atoms with E-state index >= 15 is 0 Å². The van der Waals surface area contributed by atoms with Crippen LogP contribution in [0, 0.1) is 0 Å². The molecule has 3 atom stereocenters. The van der Waals surface area contributed by atoms with Gasteiger partial charge in [0.05, 0.1) is 6.10 Å². The lowest BCUT2D eigenvalue weighted by Crippen LogP contribution is -2.35. The number of hydroxylamine groups is 1. The van der Waals surface area contributed by atoms with Gasteiger partial charge in [0.1, 0.15) is 12.2 Å². The van der Waals surface area contributed by atoms with E-state index in [1.165, 1.54) is 5.48 Å². The lowest BCUT2D eigenvalue weighted by molar-refractivity contribution is 0.0607. The van der Waals surface area contributed by atoms with Crippen molar-refractivity contribution >= 4 is 59.7 Å². The number of aliphatic hydroxyl groups excluding tert-OH is 1. The van der Waals surface area contributed by atoms with E-state index in [0.717, 1.165) is 5.56 Å². The fourth-order valence-electron chi connectivity index (χ4n) is 6.55. The number of carboxylic acids is 4. The van der Waals surface area contributed by atoms with Crippen LogP contribution in [-0.4, -0.2) is 178 Å². The first-order chi connectivity index (χ1) is 47.7. The van der Waals surface area contributed by atoms with Gasteiger partial charge in [0.2, 0.25) is 56.2 Å². The van der Waals surface area contributed by atoms with Crippen LogP contribution in [0.15, 0.2) is 135 Å². The molecule has 0 unspecified atom stereocenters. The number of nitrogens with two attached hydrogens (primary N) is 3. The third kappa shape index (κ3) is 28.4. The molecule has 7 heterocycles. The molecule has 0 aliphatic rings. The summed E-state index contributed by atoms with van der Waals surface area (Å²) in [5.74, 6) is -21.4. The summed E-state index contributed by atoms with van der Waals surface area (Å²) in [6, 6.07) is 13.1. The molecule has 0 saturated heterocycles. The molecular formula is C59H66N12O30. The Morgan fingerprint density at radius 2 is 0.723 bits per heavy atom. The smallest absolute Gasteiger partial charge is 0.407 e. The van der Waals surface area contributed by atoms with Gasteiger partial charge in [-0.05, 0) is 44.5 Å². The second kappa shape index (κ2) is 42.9. The Kier molecular flexibility index (Phi) is 35.5. The van der Waals surface area contributed by atoms with E-state index in [2.05, 4.69) is 50.4 Å². The first-order valence-electron chi connectivity index (χ1n) is 28.3. The molecule has 7 aromatic heterocycles. The van der Waals surface area contributed by atoms with Gasteiger partial charge in [0, 0.05) is 125 Å². The molecule has 0 spiro atoms. The van der Waals surface area contributed by atoms with Crippen LogP contribution < -0.4 is 71.0 Å². The van der Waals surface area contributed by atoms with Crippen molar-refractivity contribution in [3.8, 4) is 23.0 Å². The number of aromatic nitrogens is 3. The fourth-order valence-corrected chi connectivity index (χ4v) is 6.55. The second-order valence-corrected chi connectivity index (χ2v) is 18.9. The Hall–Kier alpha value is -13.5. The zero-order valence-electron chi connectivity index (χ0n) is 52.8. The van der Waals surface area contributed by atoms with E-state index < -0.39 is 169 Å². The summed E-state index contributed by atoms with van der Waals surface area (Å²) in [5, 5.41) is 100. The van der Waals surface area contributed by atoms with Gasteiger partial charge >= 0.3 is 42.0 Å². The largest absolute Gasteiger partial charge is 0.501 e. The topological polar surface area (TPSA) is 701 Å². The molecule has 7 aromatic rings. The van der Waals surface area contributed by atoms with Crippen LogP contribution in [0.2, 0.25) is 0 Å². The minimum absolute atomic E-state index is 0.00155. The molecule has 6 amide bonds. The van der Waals surface area contributed by atoms with Crippen molar-refractivity contribution < 1.29 is 126 Å². The van der Waals surface area contributed by atoms with Crippen LogP contribution in [0.5, 0.6) is 23.0 Å². The van der Waals surface area contributed by atoms with Gasteiger partial charge in [-0.3, -0.25) is 58.5 Å². The maximum absolute atomic E-state index is 12.0. The molecule has 0 fully saturated rings. The first kappa shape index (κ1) is 83.6. The molecule has 0 aromatic carbocycles. The Morgan fingerprint density at radius 1 is 0.426 bits per heavy atom. The highest BCUT2D eigenvalue weighted by Crippen LogP contribution is 2.19. The van der Waals surface area contributed by atoms with Crippen molar-refractivity contribution in [2.45, 2.75) is 39.1 Å². The molecule has 42 heteroatoms. The Labute approximate surface area is 564 Å². The minimum Gasteiger partial charge on any atom is -0.501 e.